The summed E-state index contributed by atoms with van der Waals surface area (Å²) in [6.45, 7) is 5.92. The van der Waals surface area contributed by atoms with Gasteiger partial charge in [-0.15, -0.1) is 16.7 Å². The lowest BCUT2D eigenvalue weighted by Gasteiger charge is -2.14. The molecule has 2 unspecified atom stereocenters. The molecule has 4 nitrogen and oxygen atoms in total. The molecule has 1 aromatic heterocycles. The quantitative estimate of drug-likeness (QED) is 0.812. The van der Waals surface area contributed by atoms with Gasteiger partial charge in [0.25, 0.3) is 5.91 Å². The van der Waals surface area contributed by atoms with Gasteiger partial charge < -0.3 is 5.32 Å². The third-order valence-electron chi connectivity index (χ3n) is 2.30. The standard InChI is InChI=1S/C11H18ClN3OS/c1-4-5-9-10(17-15-14-9)11(16)13-8(3)6-7(2)12/h7-8H,4-6H2,1-3H3,(H,13,16). The molecule has 6 heteroatoms. The molecular formula is C11H18ClN3OS. The molecule has 0 aromatic carbocycles. The molecule has 1 rings (SSSR count). The van der Waals surface area contributed by atoms with E-state index in [4.69, 9.17) is 11.6 Å². The van der Waals surface area contributed by atoms with Crippen LogP contribution in [0.25, 0.3) is 0 Å². The highest BCUT2D eigenvalue weighted by Gasteiger charge is 2.17. The molecule has 0 fully saturated rings. The molecule has 0 saturated heterocycles. The van der Waals surface area contributed by atoms with Crippen molar-refractivity contribution in [2.24, 2.45) is 0 Å². The van der Waals surface area contributed by atoms with E-state index in [-0.39, 0.29) is 17.3 Å². The molecule has 1 aromatic rings. The number of hydrogen-bond acceptors (Lipinski definition) is 4. The van der Waals surface area contributed by atoms with Gasteiger partial charge in [-0.05, 0) is 38.2 Å². The van der Waals surface area contributed by atoms with E-state index in [0.717, 1.165) is 36.5 Å². The number of carbonyl (C=O) groups excluding carboxylic acids is 1. The minimum Gasteiger partial charge on any atom is -0.349 e. The second-order valence-electron chi connectivity index (χ2n) is 4.19. The van der Waals surface area contributed by atoms with Crippen molar-refractivity contribution in [1.82, 2.24) is 14.9 Å². The monoisotopic (exact) mass is 275 g/mol. The first-order valence-corrected chi connectivity index (χ1v) is 7.01. The Labute approximate surface area is 111 Å². The molecule has 0 aliphatic carbocycles. The molecule has 0 saturated carbocycles. The lowest BCUT2D eigenvalue weighted by Crippen LogP contribution is -2.34. The number of halogens is 1. The van der Waals surface area contributed by atoms with E-state index in [1.807, 2.05) is 13.8 Å². The second-order valence-corrected chi connectivity index (χ2v) is 5.69. The van der Waals surface area contributed by atoms with Crippen molar-refractivity contribution in [1.29, 1.82) is 0 Å². The Bertz CT molecular complexity index is 367. The van der Waals surface area contributed by atoms with Gasteiger partial charge in [-0.1, -0.05) is 17.8 Å². The van der Waals surface area contributed by atoms with Crippen molar-refractivity contribution in [2.45, 2.75) is 51.5 Å². The first-order chi connectivity index (χ1) is 8.04. The fourth-order valence-corrected chi connectivity index (χ4v) is 2.50. The fourth-order valence-electron chi connectivity index (χ4n) is 1.62. The number of alkyl halides is 1. The average molecular weight is 276 g/mol. The van der Waals surface area contributed by atoms with Gasteiger partial charge in [-0.3, -0.25) is 4.79 Å². The van der Waals surface area contributed by atoms with Gasteiger partial charge in [0.2, 0.25) is 0 Å². The highest BCUT2D eigenvalue weighted by molar-refractivity contribution is 7.08. The Balaban J connectivity index is 2.60. The first kappa shape index (κ1) is 14.4. The average Bonchev–Trinajstić information content (AvgIpc) is 2.64. The number of aromatic nitrogens is 2. The normalized spacial score (nSPS) is 14.4. The molecule has 0 aliphatic rings. The molecule has 1 amide bonds. The number of rotatable bonds is 6. The molecular weight excluding hydrogens is 258 g/mol. The molecule has 0 bridgehead atoms. The third-order valence-corrected chi connectivity index (χ3v) is 3.25. The van der Waals surface area contributed by atoms with Crippen molar-refractivity contribution < 1.29 is 4.79 Å². The van der Waals surface area contributed by atoms with Crippen LogP contribution in [0.15, 0.2) is 0 Å². The van der Waals surface area contributed by atoms with Crippen LogP contribution in [0.3, 0.4) is 0 Å². The molecule has 0 radical (unpaired) electrons. The minimum atomic E-state index is -0.0896. The summed E-state index contributed by atoms with van der Waals surface area (Å²) in [6.07, 6.45) is 2.50. The highest BCUT2D eigenvalue weighted by atomic mass is 35.5. The van der Waals surface area contributed by atoms with Gasteiger partial charge in [0.15, 0.2) is 0 Å². The number of nitrogens with one attached hydrogen (secondary N) is 1. The predicted molar refractivity (Wildman–Crippen MR) is 70.8 cm³/mol. The van der Waals surface area contributed by atoms with Crippen molar-refractivity contribution in [3.63, 3.8) is 0 Å². The summed E-state index contributed by atoms with van der Waals surface area (Å²) >= 11 is 7.04. The zero-order valence-electron chi connectivity index (χ0n) is 10.4. The molecule has 2 atom stereocenters. The number of hydrogen-bond donors (Lipinski definition) is 1. The van der Waals surface area contributed by atoms with E-state index in [2.05, 4.69) is 21.8 Å². The van der Waals surface area contributed by atoms with Crippen molar-refractivity contribution in [2.75, 3.05) is 0 Å². The SMILES string of the molecule is CCCc1nnsc1C(=O)NC(C)CC(C)Cl. The molecule has 1 N–H and O–H groups in total. The highest BCUT2D eigenvalue weighted by Crippen LogP contribution is 2.13. The van der Waals surface area contributed by atoms with E-state index in [1.54, 1.807) is 0 Å². The van der Waals surface area contributed by atoms with Crippen LogP contribution in [0.1, 0.15) is 49.0 Å². The zero-order chi connectivity index (χ0) is 12.8. The maximum Gasteiger partial charge on any atom is 0.265 e. The van der Waals surface area contributed by atoms with E-state index in [1.165, 1.54) is 0 Å². The van der Waals surface area contributed by atoms with Crippen molar-refractivity contribution in [3.8, 4) is 0 Å². The first-order valence-electron chi connectivity index (χ1n) is 5.80. The predicted octanol–water partition coefficient (Wildman–Crippen LogP) is 2.63. The van der Waals surface area contributed by atoms with Gasteiger partial charge in [0.05, 0.1) is 5.69 Å². The summed E-state index contributed by atoms with van der Waals surface area (Å²) in [4.78, 5) is 12.6. The third kappa shape index (κ3) is 4.60. The van der Waals surface area contributed by atoms with Crippen LogP contribution in [-0.2, 0) is 6.42 Å². The Morgan fingerprint density at radius 1 is 1.53 bits per heavy atom. The maximum absolute atomic E-state index is 12.0. The van der Waals surface area contributed by atoms with E-state index < -0.39 is 0 Å². The summed E-state index contributed by atoms with van der Waals surface area (Å²) in [5.74, 6) is -0.0896. The molecule has 96 valence electrons. The summed E-state index contributed by atoms with van der Waals surface area (Å²) < 4.78 is 3.83. The Kier molecular flexibility index (Phi) is 5.85. The van der Waals surface area contributed by atoms with Gasteiger partial charge in [0, 0.05) is 11.4 Å². The minimum absolute atomic E-state index is 0.0556. The van der Waals surface area contributed by atoms with E-state index >= 15 is 0 Å². The smallest absolute Gasteiger partial charge is 0.265 e. The topological polar surface area (TPSA) is 54.9 Å². The fraction of sp³-hybridized carbons (Fsp3) is 0.727. The molecule has 17 heavy (non-hydrogen) atoms. The number of nitrogens with zero attached hydrogens (tertiary/aromatic N) is 2. The molecule has 1 heterocycles. The van der Waals surface area contributed by atoms with Crippen LogP contribution in [0.2, 0.25) is 0 Å². The Morgan fingerprint density at radius 3 is 2.82 bits per heavy atom. The summed E-state index contributed by atoms with van der Waals surface area (Å²) in [5, 5.41) is 6.95. The second kappa shape index (κ2) is 6.91. The van der Waals surface area contributed by atoms with Crippen LogP contribution in [-0.4, -0.2) is 26.9 Å². The van der Waals surface area contributed by atoms with Gasteiger partial charge in [-0.25, -0.2) is 0 Å². The summed E-state index contributed by atoms with van der Waals surface area (Å²) in [5.41, 5.74) is 0.793. The summed E-state index contributed by atoms with van der Waals surface area (Å²) in [7, 11) is 0. The largest absolute Gasteiger partial charge is 0.349 e. The van der Waals surface area contributed by atoms with Crippen LogP contribution in [0.5, 0.6) is 0 Å². The maximum atomic E-state index is 12.0. The van der Waals surface area contributed by atoms with Gasteiger partial charge in [0.1, 0.15) is 4.88 Å². The zero-order valence-corrected chi connectivity index (χ0v) is 11.9. The Hall–Kier alpha value is -0.680. The molecule has 0 aliphatic heterocycles. The van der Waals surface area contributed by atoms with E-state index in [0.29, 0.717) is 4.88 Å². The Morgan fingerprint density at radius 2 is 2.24 bits per heavy atom. The van der Waals surface area contributed by atoms with Crippen LogP contribution in [0, 0.1) is 0 Å². The lowest BCUT2D eigenvalue weighted by atomic mass is 10.2. The van der Waals surface area contributed by atoms with Crippen LogP contribution in [0.4, 0.5) is 0 Å². The van der Waals surface area contributed by atoms with Crippen molar-refractivity contribution >= 4 is 29.0 Å². The summed E-state index contributed by atoms with van der Waals surface area (Å²) in [6, 6.07) is 0.0616. The van der Waals surface area contributed by atoms with Crippen LogP contribution < -0.4 is 5.32 Å². The van der Waals surface area contributed by atoms with E-state index in [9.17, 15) is 4.79 Å². The van der Waals surface area contributed by atoms with Crippen molar-refractivity contribution in [3.05, 3.63) is 10.6 Å². The van der Waals surface area contributed by atoms with Gasteiger partial charge >= 0.3 is 0 Å². The van der Waals surface area contributed by atoms with Gasteiger partial charge in [-0.2, -0.15) is 0 Å². The number of amides is 1. The number of carbonyl (C=O) groups is 1. The molecule has 0 spiro atoms. The lowest BCUT2D eigenvalue weighted by molar-refractivity contribution is 0.0941. The van der Waals surface area contributed by atoms with Crippen LogP contribution >= 0.6 is 23.1 Å². The number of aryl methyl sites for hydroxylation is 1.